The van der Waals surface area contributed by atoms with Crippen molar-refractivity contribution in [1.82, 2.24) is 14.7 Å². The second-order valence-electron chi connectivity index (χ2n) is 11.6. The average Bonchev–Trinajstić information content (AvgIpc) is 3.49. The van der Waals surface area contributed by atoms with Gasteiger partial charge in [0.1, 0.15) is 0 Å². The van der Waals surface area contributed by atoms with E-state index in [2.05, 4.69) is 9.62 Å². The quantitative estimate of drug-likeness (QED) is 0.380. The van der Waals surface area contributed by atoms with Crippen LogP contribution in [0.2, 0.25) is 0 Å². The molecule has 1 aromatic heterocycles. The molecule has 2 aliphatic heterocycles. The number of carbonyl (C=O) groups is 1. The third-order valence-electron chi connectivity index (χ3n) is 8.56. The van der Waals surface area contributed by atoms with E-state index in [1.54, 1.807) is 29.3 Å². The Morgan fingerprint density at radius 3 is 2.26 bits per heavy atom. The second-order valence-corrected chi connectivity index (χ2v) is 13.4. The van der Waals surface area contributed by atoms with Crippen LogP contribution in [0.1, 0.15) is 77.2 Å². The van der Waals surface area contributed by atoms with E-state index in [0.717, 1.165) is 62.5 Å². The maximum Gasteiger partial charge on any atom is 0.416 e. The highest BCUT2D eigenvalue weighted by Gasteiger charge is 2.40. The van der Waals surface area contributed by atoms with E-state index in [1.165, 1.54) is 12.1 Å². The zero-order chi connectivity index (χ0) is 29.6. The first kappa shape index (κ1) is 28.6. The summed E-state index contributed by atoms with van der Waals surface area (Å²) in [6.45, 7) is 2.27. The fraction of sp³-hybridized carbons (Fsp3) is 0.467. The fourth-order valence-electron chi connectivity index (χ4n) is 6.39. The third kappa shape index (κ3) is 5.99. The minimum absolute atomic E-state index is 0.143. The number of alkyl halides is 3. The Morgan fingerprint density at radius 1 is 0.929 bits per heavy atom. The van der Waals surface area contributed by atoms with Crippen LogP contribution >= 0.6 is 0 Å². The van der Waals surface area contributed by atoms with Gasteiger partial charge >= 0.3 is 6.18 Å². The lowest BCUT2D eigenvalue weighted by molar-refractivity contribution is -0.138. The molecule has 1 unspecified atom stereocenters. The van der Waals surface area contributed by atoms with E-state index in [0.29, 0.717) is 24.2 Å². The molecule has 12 heteroatoms. The van der Waals surface area contributed by atoms with Gasteiger partial charge in [-0.05, 0) is 68.0 Å². The molecule has 3 fully saturated rings. The van der Waals surface area contributed by atoms with Crippen molar-refractivity contribution < 1.29 is 26.4 Å². The van der Waals surface area contributed by atoms with Gasteiger partial charge in [-0.15, -0.1) is 0 Å². The van der Waals surface area contributed by atoms with Gasteiger partial charge in [0.2, 0.25) is 10.0 Å². The number of carbonyl (C=O) groups excluding carboxylic acids is 1. The van der Waals surface area contributed by atoms with Gasteiger partial charge < -0.3 is 9.80 Å². The van der Waals surface area contributed by atoms with Gasteiger partial charge in [-0.25, -0.2) is 8.42 Å². The summed E-state index contributed by atoms with van der Waals surface area (Å²) in [6, 6.07) is 13.1. The molecule has 1 atom stereocenters. The second kappa shape index (κ2) is 10.9. The molecular formula is C30H34F3N5O3S. The number of anilines is 2. The van der Waals surface area contributed by atoms with Crippen LogP contribution < -0.4 is 9.62 Å². The number of sulfonamides is 1. The van der Waals surface area contributed by atoms with E-state index >= 15 is 0 Å². The molecule has 0 radical (unpaired) electrons. The smallest absolute Gasteiger partial charge is 0.371 e. The van der Waals surface area contributed by atoms with Crippen LogP contribution in [0.5, 0.6) is 0 Å². The van der Waals surface area contributed by atoms with Crippen LogP contribution in [0, 0.1) is 0 Å². The van der Waals surface area contributed by atoms with E-state index in [1.807, 2.05) is 16.8 Å². The Balaban J connectivity index is 1.13. The first-order valence-electron chi connectivity index (χ1n) is 14.3. The van der Waals surface area contributed by atoms with Crippen molar-refractivity contribution >= 4 is 27.3 Å². The molecular weight excluding hydrogens is 567 g/mol. The SMILES string of the molecule is CS(=O)(=O)Nc1ccc(N2CCC(n3ncc(C(=O)N4CCC(c5ccccc5C(F)(F)F)C4)c3C3CC3)CC2)cc1. The molecule has 0 bridgehead atoms. The first-order chi connectivity index (χ1) is 20.0. The molecule has 224 valence electrons. The summed E-state index contributed by atoms with van der Waals surface area (Å²) in [5, 5.41) is 4.70. The molecule has 1 aliphatic carbocycles. The van der Waals surface area contributed by atoms with Crippen LogP contribution in [0.3, 0.4) is 0 Å². The molecule has 2 saturated heterocycles. The number of rotatable bonds is 7. The summed E-state index contributed by atoms with van der Waals surface area (Å²) in [4.78, 5) is 17.7. The van der Waals surface area contributed by atoms with Crippen molar-refractivity contribution in [2.75, 3.05) is 42.1 Å². The van der Waals surface area contributed by atoms with Gasteiger partial charge in [0.25, 0.3) is 5.91 Å². The molecule has 1 N–H and O–H groups in total. The van der Waals surface area contributed by atoms with Crippen LogP contribution in [0.4, 0.5) is 24.5 Å². The highest BCUT2D eigenvalue weighted by Crippen LogP contribution is 2.44. The zero-order valence-electron chi connectivity index (χ0n) is 23.3. The van der Waals surface area contributed by atoms with Crippen LogP contribution in [0.25, 0.3) is 0 Å². The highest BCUT2D eigenvalue weighted by atomic mass is 32.2. The van der Waals surface area contributed by atoms with E-state index in [-0.39, 0.29) is 35.9 Å². The lowest BCUT2D eigenvalue weighted by atomic mass is 9.93. The van der Waals surface area contributed by atoms with E-state index in [4.69, 9.17) is 5.10 Å². The van der Waals surface area contributed by atoms with Gasteiger partial charge in [0, 0.05) is 49.4 Å². The number of likely N-dealkylation sites (tertiary alicyclic amines) is 1. The molecule has 42 heavy (non-hydrogen) atoms. The van der Waals surface area contributed by atoms with Crippen molar-refractivity contribution in [3.05, 3.63) is 77.1 Å². The summed E-state index contributed by atoms with van der Waals surface area (Å²) in [6.07, 6.45) is 2.54. The molecule has 2 aromatic carbocycles. The van der Waals surface area contributed by atoms with Gasteiger partial charge in [0.05, 0.1) is 35.3 Å². The standard InChI is InChI=1S/C30H34F3N5O3S/c1-42(40,41)35-22-8-10-23(11-9-22)36-16-13-24(14-17-36)38-28(20-6-7-20)26(18-34-38)29(39)37-15-12-21(19-37)25-4-2-3-5-27(25)30(31,32)33/h2-5,8-11,18,20-21,24,35H,6-7,12-17,19H2,1H3. The van der Waals surface area contributed by atoms with E-state index < -0.39 is 21.8 Å². The largest absolute Gasteiger partial charge is 0.416 e. The van der Waals surface area contributed by atoms with Crippen molar-refractivity contribution in [2.24, 2.45) is 0 Å². The Labute approximate surface area is 243 Å². The first-order valence-corrected chi connectivity index (χ1v) is 16.2. The lowest BCUT2D eigenvalue weighted by Gasteiger charge is -2.34. The Morgan fingerprint density at radius 2 is 1.62 bits per heavy atom. The zero-order valence-corrected chi connectivity index (χ0v) is 24.2. The van der Waals surface area contributed by atoms with E-state index in [9.17, 15) is 26.4 Å². The summed E-state index contributed by atoms with van der Waals surface area (Å²) in [5.74, 6) is -0.217. The molecule has 3 heterocycles. The van der Waals surface area contributed by atoms with Crippen LogP contribution in [-0.2, 0) is 16.2 Å². The predicted molar refractivity (Wildman–Crippen MR) is 154 cm³/mol. The van der Waals surface area contributed by atoms with Gasteiger partial charge in [0.15, 0.2) is 0 Å². The number of nitrogens with zero attached hydrogens (tertiary/aromatic N) is 4. The summed E-state index contributed by atoms with van der Waals surface area (Å²) < 4.78 is 68.4. The Hall–Kier alpha value is -3.54. The number of aromatic nitrogens is 2. The maximum absolute atomic E-state index is 13.7. The Kier molecular flexibility index (Phi) is 7.44. The highest BCUT2D eigenvalue weighted by molar-refractivity contribution is 7.92. The maximum atomic E-state index is 13.7. The summed E-state index contributed by atoms with van der Waals surface area (Å²) >= 11 is 0. The number of hydrogen-bond acceptors (Lipinski definition) is 5. The van der Waals surface area contributed by atoms with Crippen molar-refractivity contribution in [3.8, 4) is 0 Å². The van der Waals surface area contributed by atoms with Crippen molar-refractivity contribution in [2.45, 2.75) is 56.2 Å². The number of piperidine rings is 1. The fourth-order valence-corrected chi connectivity index (χ4v) is 6.96. The number of nitrogens with one attached hydrogen (secondary N) is 1. The molecule has 8 nitrogen and oxygen atoms in total. The summed E-state index contributed by atoms with van der Waals surface area (Å²) in [5.41, 5.74) is 2.72. The number of amides is 1. The van der Waals surface area contributed by atoms with Crippen molar-refractivity contribution in [3.63, 3.8) is 0 Å². The van der Waals surface area contributed by atoms with Gasteiger partial charge in [-0.2, -0.15) is 18.3 Å². The molecule has 3 aromatic rings. The molecule has 0 spiro atoms. The molecule has 3 aliphatic rings. The van der Waals surface area contributed by atoms with Gasteiger partial charge in [-0.1, -0.05) is 18.2 Å². The topological polar surface area (TPSA) is 87.5 Å². The van der Waals surface area contributed by atoms with Crippen LogP contribution in [0.15, 0.2) is 54.7 Å². The molecule has 6 rings (SSSR count). The van der Waals surface area contributed by atoms with Gasteiger partial charge in [-0.3, -0.25) is 14.2 Å². The average molecular weight is 602 g/mol. The number of halogens is 3. The van der Waals surface area contributed by atoms with Crippen molar-refractivity contribution in [1.29, 1.82) is 0 Å². The normalized spacial score (nSPS) is 20.2. The summed E-state index contributed by atoms with van der Waals surface area (Å²) in [7, 11) is -3.33. The third-order valence-corrected chi connectivity index (χ3v) is 9.16. The Bertz CT molecular complexity index is 1560. The lowest BCUT2D eigenvalue weighted by Crippen LogP contribution is -2.35. The van der Waals surface area contributed by atoms with Crippen LogP contribution in [-0.4, -0.2) is 61.4 Å². The molecule has 1 saturated carbocycles. The molecule has 1 amide bonds. The number of hydrogen-bond donors (Lipinski definition) is 1. The monoisotopic (exact) mass is 601 g/mol. The predicted octanol–water partition coefficient (Wildman–Crippen LogP) is 5.62. The minimum Gasteiger partial charge on any atom is -0.371 e. The number of benzene rings is 2. The minimum atomic E-state index is -4.43.